The average Bonchev–Trinajstić information content (AvgIpc) is 3.16. The van der Waals surface area contributed by atoms with Gasteiger partial charge in [0.05, 0.1) is 11.3 Å². The highest BCUT2D eigenvalue weighted by Gasteiger charge is 2.22. The molecule has 2 aromatic carbocycles. The van der Waals surface area contributed by atoms with Crippen LogP contribution in [0.4, 0.5) is 11.4 Å². The summed E-state index contributed by atoms with van der Waals surface area (Å²) in [4.78, 5) is 26.9. The normalized spacial score (nSPS) is 13.1. The lowest BCUT2D eigenvalue weighted by Crippen LogP contribution is -2.29. The van der Waals surface area contributed by atoms with E-state index >= 15 is 0 Å². The summed E-state index contributed by atoms with van der Waals surface area (Å²) in [6.07, 6.45) is 2.84. The highest BCUT2D eigenvalue weighted by atomic mass is 35.5. The van der Waals surface area contributed by atoms with Gasteiger partial charge >= 0.3 is 0 Å². The molecule has 2 aromatic rings. The van der Waals surface area contributed by atoms with E-state index in [1.165, 1.54) is 0 Å². The first-order valence-electron chi connectivity index (χ1n) is 8.76. The zero-order chi connectivity index (χ0) is 18.5. The molecule has 1 aliphatic heterocycles. The molecule has 0 unspecified atom stereocenters. The van der Waals surface area contributed by atoms with E-state index in [2.05, 4.69) is 5.32 Å². The zero-order valence-corrected chi connectivity index (χ0v) is 16.5. The van der Waals surface area contributed by atoms with Crippen LogP contribution < -0.4 is 11.1 Å². The van der Waals surface area contributed by atoms with Gasteiger partial charge in [0.15, 0.2) is 0 Å². The number of hydrogen-bond acceptors (Lipinski definition) is 3. The molecular formula is C20H23Cl2N3O2. The lowest BCUT2D eigenvalue weighted by atomic mass is 10.1. The van der Waals surface area contributed by atoms with Gasteiger partial charge in [0.2, 0.25) is 5.91 Å². The molecule has 0 aromatic heterocycles. The van der Waals surface area contributed by atoms with Crippen molar-refractivity contribution in [3.8, 4) is 0 Å². The van der Waals surface area contributed by atoms with Crippen LogP contribution in [0.25, 0.3) is 0 Å². The van der Waals surface area contributed by atoms with Crippen LogP contribution in [0, 0.1) is 0 Å². The standard InChI is InChI=1S/C20H22ClN3O2.ClH/c21-15-8-9-18(16(13-15)20(26)24-11-3-4-12-24)23-19(25)10-7-14-5-1-2-6-17(14)22;/h1-2,5-6,8-9,13H,3-4,7,10-12,22H2,(H,23,25);1H. The van der Waals surface area contributed by atoms with Crippen LogP contribution >= 0.6 is 24.0 Å². The van der Waals surface area contributed by atoms with Crippen molar-refractivity contribution < 1.29 is 9.59 Å². The van der Waals surface area contributed by atoms with E-state index in [4.69, 9.17) is 17.3 Å². The molecule has 3 N–H and O–H groups in total. The van der Waals surface area contributed by atoms with E-state index < -0.39 is 0 Å². The summed E-state index contributed by atoms with van der Waals surface area (Å²) in [5.41, 5.74) is 8.46. The number of amides is 2. The van der Waals surface area contributed by atoms with Crippen molar-refractivity contribution in [1.29, 1.82) is 0 Å². The van der Waals surface area contributed by atoms with E-state index in [9.17, 15) is 9.59 Å². The summed E-state index contributed by atoms with van der Waals surface area (Å²) < 4.78 is 0. The first-order valence-corrected chi connectivity index (χ1v) is 9.14. The summed E-state index contributed by atoms with van der Waals surface area (Å²) in [5.74, 6) is -0.251. The molecule has 3 rings (SSSR count). The average molecular weight is 408 g/mol. The van der Waals surface area contributed by atoms with Crippen molar-refractivity contribution in [2.24, 2.45) is 0 Å². The smallest absolute Gasteiger partial charge is 0.256 e. The number of aryl methyl sites for hydroxylation is 1. The van der Waals surface area contributed by atoms with Crippen molar-refractivity contribution in [3.05, 3.63) is 58.6 Å². The van der Waals surface area contributed by atoms with Gasteiger partial charge in [-0.3, -0.25) is 9.59 Å². The van der Waals surface area contributed by atoms with E-state index in [1.807, 2.05) is 24.3 Å². The fourth-order valence-corrected chi connectivity index (χ4v) is 3.29. The number of nitrogen functional groups attached to an aromatic ring is 1. The van der Waals surface area contributed by atoms with Gasteiger partial charge < -0.3 is 16.0 Å². The molecule has 1 aliphatic rings. The highest BCUT2D eigenvalue weighted by molar-refractivity contribution is 6.31. The molecule has 1 fully saturated rings. The monoisotopic (exact) mass is 407 g/mol. The van der Waals surface area contributed by atoms with Crippen LogP contribution in [0.15, 0.2) is 42.5 Å². The van der Waals surface area contributed by atoms with Crippen LogP contribution in [-0.4, -0.2) is 29.8 Å². The molecule has 0 bridgehead atoms. The number of halogens is 2. The van der Waals surface area contributed by atoms with Crippen LogP contribution in [0.5, 0.6) is 0 Å². The lowest BCUT2D eigenvalue weighted by Gasteiger charge is -2.18. The largest absolute Gasteiger partial charge is 0.399 e. The van der Waals surface area contributed by atoms with Crippen molar-refractivity contribution in [1.82, 2.24) is 4.90 Å². The molecular weight excluding hydrogens is 385 g/mol. The quantitative estimate of drug-likeness (QED) is 0.730. The summed E-state index contributed by atoms with van der Waals surface area (Å²) in [7, 11) is 0. The number of benzene rings is 2. The second kappa shape index (κ2) is 9.62. The SMILES string of the molecule is Cl.Nc1ccccc1CCC(=O)Nc1ccc(Cl)cc1C(=O)N1CCCC1. The van der Waals surface area contributed by atoms with Crippen molar-refractivity contribution >= 4 is 47.2 Å². The summed E-state index contributed by atoms with van der Waals surface area (Å²) in [5, 5.41) is 3.32. The Morgan fingerprint density at radius 3 is 2.52 bits per heavy atom. The van der Waals surface area contributed by atoms with Gasteiger partial charge in [0, 0.05) is 30.2 Å². The zero-order valence-electron chi connectivity index (χ0n) is 14.9. The molecule has 144 valence electrons. The maximum Gasteiger partial charge on any atom is 0.256 e. The molecule has 1 saturated heterocycles. The number of nitrogens with one attached hydrogen (secondary N) is 1. The molecule has 0 spiro atoms. The first kappa shape index (κ1) is 21.1. The van der Waals surface area contributed by atoms with Crippen molar-refractivity contribution in [3.63, 3.8) is 0 Å². The summed E-state index contributed by atoms with van der Waals surface area (Å²) in [6.45, 7) is 1.48. The number of carbonyl (C=O) groups is 2. The molecule has 2 amide bonds. The Morgan fingerprint density at radius 2 is 1.81 bits per heavy atom. The van der Waals surface area contributed by atoms with Gasteiger partial charge in [0.25, 0.3) is 5.91 Å². The second-order valence-electron chi connectivity index (χ2n) is 6.44. The van der Waals surface area contributed by atoms with Gasteiger partial charge in [-0.2, -0.15) is 0 Å². The fourth-order valence-electron chi connectivity index (χ4n) is 3.12. The fraction of sp³-hybridized carbons (Fsp3) is 0.300. The Labute approximate surface area is 170 Å². The highest BCUT2D eigenvalue weighted by Crippen LogP contribution is 2.24. The van der Waals surface area contributed by atoms with Gasteiger partial charge in [-0.25, -0.2) is 0 Å². The Balaban J connectivity index is 0.00000261. The maximum absolute atomic E-state index is 12.7. The molecule has 0 saturated carbocycles. The third-order valence-corrected chi connectivity index (χ3v) is 4.79. The third-order valence-electron chi connectivity index (χ3n) is 4.56. The maximum atomic E-state index is 12.7. The van der Waals surface area contributed by atoms with E-state index in [-0.39, 0.29) is 30.6 Å². The van der Waals surface area contributed by atoms with E-state index in [0.717, 1.165) is 31.5 Å². The molecule has 0 radical (unpaired) electrons. The molecule has 27 heavy (non-hydrogen) atoms. The van der Waals surface area contributed by atoms with Gasteiger partial charge in [-0.15, -0.1) is 12.4 Å². The van der Waals surface area contributed by atoms with E-state index in [1.54, 1.807) is 23.1 Å². The third kappa shape index (κ3) is 5.37. The Hall–Kier alpha value is -2.24. The minimum absolute atomic E-state index is 0. The number of anilines is 2. The van der Waals surface area contributed by atoms with Crippen LogP contribution in [0.1, 0.15) is 35.2 Å². The number of nitrogens with zero attached hydrogens (tertiary/aromatic N) is 1. The Morgan fingerprint density at radius 1 is 1.11 bits per heavy atom. The van der Waals surface area contributed by atoms with Crippen molar-refractivity contribution in [2.75, 3.05) is 24.1 Å². The first-order chi connectivity index (χ1) is 12.5. The van der Waals surface area contributed by atoms with Gasteiger partial charge in [0.1, 0.15) is 0 Å². The predicted octanol–water partition coefficient (Wildman–Crippen LogP) is 4.15. The van der Waals surface area contributed by atoms with Crippen LogP contribution in [0.3, 0.4) is 0 Å². The van der Waals surface area contributed by atoms with Gasteiger partial charge in [-0.1, -0.05) is 29.8 Å². The number of likely N-dealkylation sites (tertiary alicyclic amines) is 1. The van der Waals surface area contributed by atoms with Crippen LogP contribution in [-0.2, 0) is 11.2 Å². The van der Waals surface area contributed by atoms with Crippen molar-refractivity contribution in [2.45, 2.75) is 25.7 Å². The number of carbonyl (C=O) groups excluding carboxylic acids is 2. The summed E-state index contributed by atoms with van der Waals surface area (Å²) >= 11 is 6.07. The number of hydrogen-bond donors (Lipinski definition) is 2. The lowest BCUT2D eigenvalue weighted by molar-refractivity contribution is -0.116. The summed E-state index contributed by atoms with van der Waals surface area (Å²) in [6, 6.07) is 12.5. The van der Waals surface area contributed by atoms with Crippen LogP contribution in [0.2, 0.25) is 5.02 Å². The molecule has 0 atom stereocenters. The minimum atomic E-state index is -0.161. The number of rotatable bonds is 5. The molecule has 1 heterocycles. The number of para-hydroxylation sites is 1. The topological polar surface area (TPSA) is 75.4 Å². The second-order valence-corrected chi connectivity index (χ2v) is 6.87. The Kier molecular flexibility index (Phi) is 7.51. The van der Waals surface area contributed by atoms with Gasteiger partial charge in [-0.05, 0) is 49.1 Å². The minimum Gasteiger partial charge on any atom is -0.399 e. The molecule has 0 aliphatic carbocycles. The predicted molar refractivity (Wildman–Crippen MR) is 112 cm³/mol. The Bertz CT molecular complexity index is 821. The van der Waals surface area contributed by atoms with E-state index in [0.29, 0.717) is 28.4 Å². The molecule has 7 heteroatoms. The number of nitrogens with two attached hydrogens (primary N) is 1. The molecule has 5 nitrogen and oxygen atoms in total.